The van der Waals surface area contributed by atoms with Crippen LogP contribution in [0.15, 0.2) is 30.3 Å². The van der Waals surface area contributed by atoms with Crippen molar-refractivity contribution in [1.82, 2.24) is 5.06 Å². The fourth-order valence-corrected chi connectivity index (χ4v) is 6.14. The third-order valence-electron chi connectivity index (χ3n) is 6.86. The average Bonchev–Trinajstić information content (AvgIpc) is 3.03. The van der Waals surface area contributed by atoms with Gasteiger partial charge in [-0.25, -0.2) is 4.39 Å². The van der Waals surface area contributed by atoms with Gasteiger partial charge >= 0.3 is 0 Å². The van der Waals surface area contributed by atoms with Gasteiger partial charge in [-0.1, -0.05) is 12.1 Å². The molecular weight excluding hydrogens is 319 g/mol. The highest BCUT2D eigenvalue weighted by atomic mass is 19.1. The van der Waals surface area contributed by atoms with Crippen LogP contribution in [-0.2, 0) is 9.63 Å². The van der Waals surface area contributed by atoms with Crippen LogP contribution in [0.1, 0.15) is 37.7 Å². The predicted octanol–water partition coefficient (Wildman–Crippen LogP) is 3.09. The molecule has 5 heteroatoms. The summed E-state index contributed by atoms with van der Waals surface area (Å²) in [6.07, 6.45) is 7.15. The average molecular weight is 342 g/mol. The number of amides is 1. The SMILES string of the molecule is NC(=O)C12CC3CC(C1)C(N1CC=C(c4cccc(F)c4)O1)C(C3)C2. The topological polar surface area (TPSA) is 55.6 Å². The van der Waals surface area contributed by atoms with Gasteiger partial charge < -0.3 is 10.6 Å². The summed E-state index contributed by atoms with van der Waals surface area (Å²) in [7, 11) is 0. The highest BCUT2D eigenvalue weighted by Crippen LogP contribution is 2.61. The molecule has 0 radical (unpaired) electrons. The lowest BCUT2D eigenvalue weighted by Crippen LogP contribution is -2.61. The van der Waals surface area contributed by atoms with Gasteiger partial charge in [-0.3, -0.25) is 4.79 Å². The van der Waals surface area contributed by atoms with Crippen molar-refractivity contribution in [3.8, 4) is 0 Å². The molecule has 2 N–H and O–H groups in total. The van der Waals surface area contributed by atoms with Crippen molar-refractivity contribution < 1.29 is 14.0 Å². The fourth-order valence-electron chi connectivity index (χ4n) is 6.14. The molecule has 2 unspecified atom stereocenters. The van der Waals surface area contributed by atoms with E-state index in [4.69, 9.17) is 10.6 Å². The van der Waals surface area contributed by atoms with E-state index in [9.17, 15) is 9.18 Å². The van der Waals surface area contributed by atoms with E-state index in [2.05, 4.69) is 5.06 Å². The Morgan fingerprint density at radius 2 is 2.00 bits per heavy atom. The molecule has 25 heavy (non-hydrogen) atoms. The van der Waals surface area contributed by atoms with Gasteiger partial charge in [0.2, 0.25) is 5.91 Å². The number of rotatable bonds is 3. The second-order valence-corrected chi connectivity index (χ2v) is 8.37. The highest BCUT2D eigenvalue weighted by Gasteiger charge is 2.59. The van der Waals surface area contributed by atoms with Crippen LogP contribution in [0.2, 0.25) is 0 Å². The molecule has 0 spiro atoms. The largest absolute Gasteiger partial charge is 0.405 e. The van der Waals surface area contributed by atoms with E-state index in [1.54, 1.807) is 6.07 Å². The zero-order valence-corrected chi connectivity index (χ0v) is 14.2. The van der Waals surface area contributed by atoms with Crippen LogP contribution in [0, 0.1) is 29.0 Å². The number of halogens is 1. The van der Waals surface area contributed by atoms with Crippen molar-refractivity contribution in [2.75, 3.05) is 6.54 Å². The summed E-state index contributed by atoms with van der Waals surface area (Å²) < 4.78 is 13.5. The Morgan fingerprint density at radius 3 is 2.68 bits per heavy atom. The molecule has 1 amide bonds. The molecule has 5 aliphatic rings. The first kappa shape index (κ1) is 15.4. The summed E-state index contributed by atoms with van der Waals surface area (Å²) in [5.41, 5.74) is 6.28. The third-order valence-corrected chi connectivity index (χ3v) is 6.86. The van der Waals surface area contributed by atoms with E-state index in [1.165, 1.54) is 25.0 Å². The second kappa shape index (κ2) is 5.31. The molecule has 1 aromatic rings. The van der Waals surface area contributed by atoms with Crippen molar-refractivity contribution in [2.45, 2.75) is 38.1 Å². The van der Waals surface area contributed by atoms with Gasteiger partial charge in [-0.2, -0.15) is 0 Å². The Hall–Kier alpha value is -1.88. The Morgan fingerprint density at radius 1 is 1.24 bits per heavy atom. The molecule has 4 aliphatic carbocycles. The van der Waals surface area contributed by atoms with E-state index in [-0.39, 0.29) is 17.1 Å². The van der Waals surface area contributed by atoms with Crippen molar-refractivity contribution in [2.24, 2.45) is 28.9 Å². The molecule has 1 heterocycles. The number of primary amides is 1. The minimum absolute atomic E-state index is 0.105. The molecule has 6 rings (SSSR count). The molecule has 2 atom stereocenters. The van der Waals surface area contributed by atoms with E-state index in [0.717, 1.165) is 37.1 Å². The number of carbonyl (C=O) groups excluding carboxylic acids is 1. The maximum atomic E-state index is 13.5. The number of benzene rings is 1. The first-order chi connectivity index (χ1) is 12.0. The molecule has 0 saturated heterocycles. The first-order valence-electron chi connectivity index (χ1n) is 9.25. The van der Waals surface area contributed by atoms with Crippen molar-refractivity contribution >= 4 is 11.7 Å². The zero-order valence-electron chi connectivity index (χ0n) is 14.2. The summed E-state index contributed by atoms with van der Waals surface area (Å²) in [4.78, 5) is 18.2. The first-order valence-corrected chi connectivity index (χ1v) is 9.25. The van der Waals surface area contributed by atoms with E-state index < -0.39 is 0 Å². The maximum absolute atomic E-state index is 13.5. The van der Waals surface area contributed by atoms with Crippen molar-refractivity contribution in [1.29, 1.82) is 0 Å². The Bertz CT molecular complexity index is 746. The van der Waals surface area contributed by atoms with Gasteiger partial charge in [-0.05, 0) is 68.1 Å². The molecule has 4 nitrogen and oxygen atoms in total. The molecule has 0 aromatic heterocycles. The van der Waals surface area contributed by atoms with E-state index in [1.807, 2.05) is 12.1 Å². The summed E-state index contributed by atoms with van der Waals surface area (Å²) in [6.45, 7) is 0.720. The van der Waals surface area contributed by atoms with E-state index in [0.29, 0.717) is 23.8 Å². The summed E-state index contributed by atoms with van der Waals surface area (Å²) in [6, 6.07) is 6.87. The number of nitrogens with two attached hydrogens (primary N) is 1. The van der Waals surface area contributed by atoms with Gasteiger partial charge in [-0.15, -0.1) is 5.06 Å². The Balaban J connectivity index is 1.36. The van der Waals surface area contributed by atoms with Crippen LogP contribution < -0.4 is 5.73 Å². The van der Waals surface area contributed by atoms with Crippen LogP contribution in [0.3, 0.4) is 0 Å². The van der Waals surface area contributed by atoms with Gasteiger partial charge in [0.05, 0.1) is 12.6 Å². The summed E-state index contributed by atoms with van der Waals surface area (Å²) >= 11 is 0. The van der Waals surface area contributed by atoms with Crippen LogP contribution in [-0.4, -0.2) is 23.6 Å². The normalized spacial score (nSPS) is 39.3. The lowest BCUT2D eigenvalue weighted by Gasteiger charge is -2.59. The van der Waals surface area contributed by atoms with Crippen molar-refractivity contribution in [3.63, 3.8) is 0 Å². The lowest BCUT2D eigenvalue weighted by molar-refractivity contribution is -0.197. The van der Waals surface area contributed by atoms with Crippen LogP contribution in [0.4, 0.5) is 4.39 Å². The Kier molecular flexibility index (Phi) is 3.26. The molecule has 4 saturated carbocycles. The number of hydrogen-bond acceptors (Lipinski definition) is 3. The van der Waals surface area contributed by atoms with Crippen molar-refractivity contribution in [3.05, 3.63) is 41.7 Å². The molecule has 4 bridgehead atoms. The van der Waals surface area contributed by atoms with Crippen LogP contribution in [0.25, 0.3) is 5.76 Å². The second-order valence-electron chi connectivity index (χ2n) is 8.37. The van der Waals surface area contributed by atoms with Crippen LogP contribution >= 0.6 is 0 Å². The molecule has 132 valence electrons. The Labute approximate surface area is 146 Å². The molecule has 1 aromatic carbocycles. The summed E-state index contributed by atoms with van der Waals surface area (Å²) in [5, 5.41) is 2.07. The standard InChI is InChI=1S/C20H23FN2O2/c21-16-3-1-2-13(8-16)17-4-5-23(25-17)18-14-6-12-7-15(18)11-20(9-12,10-14)19(22)24/h1-4,8,12,14-15,18H,5-7,9-11H2,(H2,22,24). The van der Waals surface area contributed by atoms with Gasteiger partial charge in [0, 0.05) is 11.0 Å². The maximum Gasteiger partial charge on any atom is 0.223 e. The van der Waals surface area contributed by atoms with Gasteiger partial charge in [0.25, 0.3) is 0 Å². The smallest absolute Gasteiger partial charge is 0.223 e. The minimum Gasteiger partial charge on any atom is -0.405 e. The highest BCUT2D eigenvalue weighted by molar-refractivity contribution is 5.81. The number of hydrogen-bond donors (Lipinski definition) is 1. The number of carbonyl (C=O) groups is 1. The monoisotopic (exact) mass is 342 g/mol. The van der Waals surface area contributed by atoms with Gasteiger partial charge in [0.15, 0.2) is 5.76 Å². The number of hydroxylamine groups is 2. The fraction of sp³-hybridized carbons (Fsp3) is 0.550. The number of nitrogens with zero attached hydrogens (tertiary/aromatic N) is 1. The van der Waals surface area contributed by atoms with Gasteiger partial charge in [0.1, 0.15) is 5.82 Å². The van der Waals surface area contributed by atoms with Crippen LogP contribution in [0.5, 0.6) is 0 Å². The lowest BCUT2D eigenvalue weighted by atomic mass is 9.47. The van der Waals surface area contributed by atoms with E-state index >= 15 is 0 Å². The molecule has 4 fully saturated rings. The predicted molar refractivity (Wildman–Crippen MR) is 91.1 cm³/mol. The summed E-state index contributed by atoms with van der Waals surface area (Å²) in [5.74, 6) is 1.96. The third kappa shape index (κ3) is 2.32. The quantitative estimate of drug-likeness (QED) is 0.918. The molecule has 1 aliphatic heterocycles. The zero-order chi connectivity index (χ0) is 17.2. The molecular formula is C20H23FN2O2. The minimum atomic E-state index is -0.272.